The van der Waals surface area contributed by atoms with Crippen molar-refractivity contribution in [3.63, 3.8) is 0 Å². The zero-order valence-corrected chi connectivity index (χ0v) is 38.5. The van der Waals surface area contributed by atoms with Crippen LogP contribution in [0.5, 0.6) is 0 Å². The highest BCUT2D eigenvalue weighted by atomic mass is 32.2. The number of carbonyl (C=O) groups is 2. The van der Waals surface area contributed by atoms with E-state index in [1.54, 1.807) is 6.20 Å². The Kier molecular flexibility index (Phi) is 52.5. The number of ether oxygens (including phenoxy) is 4. The molecule has 2 amide bonds. The van der Waals surface area contributed by atoms with E-state index in [-0.39, 0.29) is 38.1 Å². The van der Waals surface area contributed by atoms with E-state index in [2.05, 4.69) is 42.6 Å². The summed E-state index contributed by atoms with van der Waals surface area (Å²) in [4.78, 5) is 24.0. The Morgan fingerprint density at radius 1 is 0.767 bits per heavy atom. The van der Waals surface area contributed by atoms with Gasteiger partial charge in [0.05, 0.1) is 58.8 Å². The van der Waals surface area contributed by atoms with E-state index in [4.69, 9.17) is 40.7 Å². The summed E-state index contributed by atoms with van der Waals surface area (Å²) in [7, 11) is 1.00. The highest BCUT2D eigenvalue weighted by Gasteiger charge is 2.19. The number of rotatable bonds is 40. The second-order valence-electron chi connectivity index (χ2n) is 14.0. The van der Waals surface area contributed by atoms with Crippen molar-refractivity contribution < 1.29 is 49.0 Å². The molecule has 0 saturated carbocycles. The number of unbranched alkanes of at least 4 members (excludes halogenated alkanes) is 16. The number of nitrogens with zero attached hydrogens (tertiary/aromatic N) is 1. The molecule has 0 aromatic rings. The summed E-state index contributed by atoms with van der Waals surface area (Å²) in [5.74, 6) is 12.7. The highest BCUT2D eigenvalue weighted by molar-refractivity contribution is 7.99. The molecule has 10 N–H and O–H groups in total. The van der Waals surface area contributed by atoms with Crippen molar-refractivity contribution in [1.82, 2.24) is 15.6 Å². The van der Waals surface area contributed by atoms with Gasteiger partial charge < -0.3 is 60.7 Å². The Balaban J connectivity index is -0.00000786. The third kappa shape index (κ3) is 48.2. The van der Waals surface area contributed by atoms with Gasteiger partial charge in [0.1, 0.15) is 12.7 Å². The van der Waals surface area contributed by atoms with Crippen LogP contribution in [-0.4, -0.2) is 134 Å². The van der Waals surface area contributed by atoms with Gasteiger partial charge in [-0.05, 0) is 26.2 Å². The van der Waals surface area contributed by atoms with E-state index >= 15 is 0 Å². The molecule has 0 aromatic heterocycles. The molecular formula is C44H87N5O10S. The predicted octanol–water partition coefficient (Wildman–Crippen LogP) is 4.86. The summed E-state index contributed by atoms with van der Waals surface area (Å²) >= 11 is 1.03. The molecule has 0 bridgehead atoms. The maximum absolute atomic E-state index is 12.2. The first kappa shape index (κ1) is 61.9. The highest BCUT2D eigenvalue weighted by Crippen LogP contribution is 2.13. The molecule has 0 spiro atoms. The fraction of sp³-hybridized carbons (Fsp3) is 0.818. The summed E-state index contributed by atoms with van der Waals surface area (Å²) in [6.45, 7) is 11.7. The molecule has 0 rings (SSSR count). The summed E-state index contributed by atoms with van der Waals surface area (Å²) < 4.78 is 21.3. The summed E-state index contributed by atoms with van der Waals surface area (Å²) in [5, 5.41) is 42.2. The van der Waals surface area contributed by atoms with Crippen molar-refractivity contribution in [3.8, 4) is 11.8 Å². The van der Waals surface area contributed by atoms with Crippen LogP contribution < -0.4 is 22.2 Å². The summed E-state index contributed by atoms with van der Waals surface area (Å²) in [6, 6.07) is 0. The van der Waals surface area contributed by atoms with Crippen LogP contribution in [0.1, 0.15) is 136 Å². The molecule has 0 aromatic carbocycles. The zero-order chi connectivity index (χ0) is 45.3. The number of aliphatic hydroxyl groups is 4. The maximum Gasteiger partial charge on any atom is 0.246 e. The molecule has 0 fully saturated rings. The average molecular weight is 878 g/mol. The van der Waals surface area contributed by atoms with Gasteiger partial charge in [-0.1, -0.05) is 102 Å². The van der Waals surface area contributed by atoms with Crippen molar-refractivity contribution in [1.29, 1.82) is 0 Å². The van der Waals surface area contributed by atoms with Crippen LogP contribution in [-0.2, 0) is 28.5 Å². The Morgan fingerprint density at radius 2 is 1.27 bits per heavy atom. The van der Waals surface area contributed by atoms with Gasteiger partial charge in [-0.2, -0.15) is 0 Å². The van der Waals surface area contributed by atoms with Gasteiger partial charge in [-0.3, -0.25) is 9.59 Å². The van der Waals surface area contributed by atoms with Gasteiger partial charge in [0, 0.05) is 50.6 Å². The quantitative estimate of drug-likeness (QED) is 0.0103. The third-order valence-corrected chi connectivity index (χ3v) is 9.56. The second kappa shape index (κ2) is 50.9. The number of carbonyl (C=O) groups excluding carboxylic acids is 2. The molecule has 0 radical (unpaired) electrons. The molecule has 0 aliphatic rings. The number of amides is 2. The number of thioether (sulfide) groups is 1. The number of hydrogen-bond acceptors (Lipinski definition) is 14. The minimum absolute atomic E-state index is 0.0123. The molecule has 354 valence electrons. The van der Waals surface area contributed by atoms with Gasteiger partial charge >= 0.3 is 0 Å². The van der Waals surface area contributed by atoms with Crippen molar-refractivity contribution in [2.75, 3.05) is 78.7 Å². The molecule has 0 heterocycles. The second-order valence-corrected chi connectivity index (χ2v) is 15.2. The molecular weight excluding hydrogens is 791 g/mol. The minimum atomic E-state index is -1.22. The third-order valence-electron chi connectivity index (χ3n) is 8.72. The van der Waals surface area contributed by atoms with E-state index in [0.29, 0.717) is 50.8 Å². The summed E-state index contributed by atoms with van der Waals surface area (Å²) in [5.41, 5.74) is 5.25. The van der Waals surface area contributed by atoms with Crippen LogP contribution in [0.2, 0.25) is 0 Å². The Morgan fingerprint density at radius 3 is 1.80 bits per heavy atom. The normalized spacial score (nSPS) is 12.4. The fourth-order valence-electron chi connectivity index (χ4n) is 5.37. The van der Waals surface area contributed by atoms with E-state index in [0.717, 1.165) is 57.4 Å². The molecule has 0 aliphatic carbocycles. The van der Waals surface area contributed by atoms with Crippen LogP contribution >= 0.6 is 11.8 Å². The van der Waals surface area contributed by atoms with Crippen LogP contribution in [0.4, 0.5) is 0 Å². The number of nitrogens with one attached hydrogen (secondary N) is 2. The van der Waals surface area contributed by atoms with E-state index in [9.17, 15) is 19.8 Å². The van der Waals surface area contributed by atoms with E-state index in [1.165, 1.54) is 89.0 Å². The first-order chi connectivity index (χ1) is 29.2. The molecule has 0 aliphatic heterocycles. The topological polar surface area (TPSA) is 231 Å². The monoisotopic (exact) mass is 878 g/mol. The van der Waals surface area contributed by atoms with E-state index in [1.807, 2.05) is 0 Å². The Bertz CT molecular complexity index is 1040. The number of aliphatic hydroxyl groups excluding tert-OH is 4. The van der Waals surface area contributed by atoms with Crippen LogP contribution in [0.15, 0.2) is 25.1 Å². The Hall–Kier alpha value is -2.43. The lowest BCUT2D eigenvalue weighted by atomic mass is 10.1. The SMILES string of the molecule is C=C.CCCCCCCCCCCCC#CCCCCCCCCC(=O)NC/C(N)=C/N(N)CCOCCOCCOCC(=O)NCCSC(O)OC(CO)[C@H](C)O.CO. The molecule has 2 unspecified atom stereocenters. The zero-order valence-electron chi connectivity index (χ0n) is 37.7. The minimum Gasteiger partial charge on any atom is -0.400 e. The average Bonchev–Trinajstić information content (AvgIpc) is 3.24. The van der Waals surface area contributed by atoms with Crippen LogP contribution in [0.3, 0.4) is 0 Å². The van der Waals surface area contributed by atoms with Gasteiger partial charge in [-0.15, -0.1) is 25.0 Å². The van der Waals surface area contributed by atoms with Gasteiger partial charge in [0.15, 0.2) is 0 Å². The molecule has 3 atom stereocenters. The number of nitrogens with two attached hydrogens (primary N) is 2. The Labute approximate surface area is 368 Å². The molecule has 15 nitrogen and oxygen atoms in total. The predicted molar refractivity (Wildman–Crippen MR) is 244 cm³/mol. The van der Waals surface area contributed by atoms with Crippen molar-refractivity contribution in [2.45, 2.75) is 154 Å². The van der Waals surface area contributed by atoms with Gasteiger partial charge in [0.25, 0.3) is 0 Å². The first-order valence-electron chi connectivity index (χ1n) is 22.1. The summed E-state index contributed by atoms with van der Waals surface area (Å²) in [6.07, 6.45) is 22.5. The lowest BCUT2D eigenvalue weighted by molar-refractivity contribution is -0.129. The van der Waals surface area contributed by atoms with E-state index < -0.39 is 24.4 Å². The largest absolute Gasteiger partial charge is 0.400 e. The fourth-order valence-corrected chi connectivity index (χ4v) is 6.01. The number of hydrogen-bond donors (Lipinski definition) is 8. The lowest BCUT2D eigenvalue weighted by Crippen LogP contribution is -2.34. The van der Waals surface area contributed by atoms with Gasteiger partial charge in [0.2, 0.25) is 17.4 Å². The van der Waals surface area contributed by atoms with Crippen LogP contribution in [0.25, 0.3) is 0 Å². The maximum atomic E-state index is 12.2. The van der Waals surface area contributed by atoms with Crippen molar-refractivity contribution in [3.05, 3.63) is 25.1 Å². The van der Waals surface area contributed by atoms with Crippen molar-refractivity contribution >= 4 is 23.6 Å². The van der Waals surface area contributed by atoms with Crippen molar-refractivity contribution in [2.24, 2.45) is 11.6 Å². The number of hydrazine groups is 1. The molecule has 16 heteroatoms. The molecule has 60 heavy (non-hydrogen) atoms. The van der Waals surface area contributed by atoms with Crippen LogP contribution in [0, 0.1) is 11.8 Å². The van der Waals surface area contributed by atoms with Gasteiger partial charge in [-0.25, -0.2) is 5.84 Å². The smallest absolute Gasteiger partial charge is 0.246 e. The lowest BCUT2D eigenvalue weighted by Gasteiger charge is -2.21. The first-order valence-corrected chi connectivity index (χ1v) is 23.1. The standard InChI is InChI=1S/C41H79N5O9S.C2H4.CH4O/c1-3-4-5-6-7-8-9-10-11-12-13-14-15-16-17-18-19-20-21-22-23-39(49)45-32-37(42)33-46(43)25-26-52-27-28-53-29-30-54-35-40(50)44-24-31-56-41(51)55-38(34-47)36(2)48;2*1-2/h33,36,38,41,47-48,51H,3-13,16-32,34-35,42-43H2,1-2H3,(H,44,50)(H,45,49);1-2H2;2H,1H3/b37-33-;;/t36-,38?,41?;;/m0../s1. The molecule has 0 saturated heterocycles.